The van der Waals surface area contributed by atoms with Crippen molar-refractivity contribution in [2.24, 2.45) is 0 Å². The molecule has 0 atom stereocenters. The maximum atomic E-state index is 12.9. The van der Waals surface area contributed by atoms with E-state index in [0.29, 0.717) is 6.20 Å². The zero-order valence-electron chi connectivity index (χ0n) is 7.68. The van der Waals surface area contributed by atoms with Gasteiger partial charge in [0.2, 0.25) is 5.88 Å². The third-order valence-electron chi connectivity index (χ3n) is 1.71. The molecule has 0 aliphatic heterocycles. The number of ether oxygens (including phenoxy) is 1. The number of nitrogens with zero attached hydrogens (tertiary/aromatic N) is 1. The Labute approximate surface area is 86.5 Å². The topological polar surface area (TPSA) is 42.4 Å². The van der Waals surface area contributed by atoms with Gasteiger partial charge < -0.3 is 9.84 Å². The minimum atomic E-state index is -5.05. The van der Waals surface area contributed by atoms with Crippen LogP contribution in [0, 0.1) is 5.82 Å². The number of hydrogen-bond donors (Lipinski definition) is 1. The minimum Gasteiger partial charge on any atom is -0.392 e. The average molecular weight is 243 g/mol. The van der Waals surface area contributed by atoms with Gasteiger partial charge in [-0.1, -0.05) is 0 Å². The highest BCUT2D eigenvalue weighted by Crippen LogP contribution is 2.28. The van der Waals surface area contributed by atoms with Gasteiger partial charge in [-0.25, -0.2) is 13.8 Å². The number of halogens is 5. The van der Waals surface area contributed by atoms with E-state index < -0.39 is 42.5 Å². The lowest BCUT2D eigenvalue weighted by Crippen LogP contribution is -2.19. The van der Waals surface area contributed by atoms with E-state index in [-0.39, 0.29) is 0 Å². The van der Waals surface area contributed by atoms with Crippen LogP contribution in [0.3, 0.4) is 0 Å². The average Bonchev–Trinajstić information content (AvgIpc) is 2.18. The first-order chi connectivity index (χ1) is 7.39. The first kappa shape index (κ1) is 12.6. The van der Waals surface area contributed by atoms with E-state index in [1.165, 1.54) is 0 Å². The summed E-state index contributed by atoms with van der Waals surface area (Å²) in [7, 11) is 0. The van der Waals surface area contributed by atoms with Crippen molar-refractivity contribution in [2.45, 2.75) is 19.6 Å². The minimum absolute atomic E-state index is 0.422. The van der Waals surface area contributed by atoms with Crippen molar-refractivity contribution >= 4 is 0 Å². The molecule has 0 saturated carbocycles. The fourth-order valence-corrected chi connectivity index (χ4v) is 1.05. The van der Waals surface area contributed by atoms with E-state index in [2.05, 4.69) is 9.72 Å². The summed E-state index contributed by atoms with van der Waals surface area (Å²) in [6.45, 7) is -2.37. The van der Waals surface area contributed by atoms with Crippen LogP contribution in [-0.4, -0.2) is 16.5 Å². The Morgan fingerprint density at radius 2 is 1.94 bits per heavy atom. The monoisotopic (exact) mass is 243 g/mol. The predicted molar refractivity (Wildman–Crippen MR) is 41.6 cm³/mol. The maximum Gasteiger partial charge on any atom is 0.574 e. The van der Waals surface area contributed by atoms with Crippen LogP contribution in [0.1, 0.15) is 11.1 Å². The summed E-state index contributed by atoms with van der Waals surface area (Å²) >= 11 is 0. The molecule has 1 aromatic rings. The van der Waals surface area contributed by atoms with Crippen molar-refractivity contribution in [3.8, 4) is 5.88 Å². The summed E-state index contributed by atoms with van der Waals surface area (Å²) in [5.41, 5.74) is -1.35. The fraction of sp³-hybridized carbons (Fsp3) is 0.375. The highest BCUT2D eigenvalue weighted by molar-refractivity contribution is 5.34. The van der Waals surface area contributed by atoms with E-state index in [1.807, 2.05) is 0 Å². The number of aliphatic hydroxyl groups excluding tert-OH is 1. The molecule has 0 aliphatic rings. The lowest BCUT2D eigenvalue weighted by atomic mass is 10.1. The molecule has 0 bridgehead atoms. The lowest BCUT2D eigenvalue weighted by molar-refractivity contribution is -0.276. The Hall–Kier alpha value is -1.44. The van der Waals surface area contributed by atoms with Crippen LogP contribution < -0.4 is 4.74 Å². The fourth-order valence-electron chi connectivity index (χ4n) is 1.05. The molecule has 0 saturated heterocycles. The zero-order valence-corrected chi connectivity index (χ0v) is 7.68. The summed E-state index contributed by atoms with van der Waals surface area (Å²) in [6.07, 6.45) is -4.63. The molecule has 0 aliphatic carbocycles. The van der Waals surface area contributed by atoms with Crippen LogP contribution in [0.15, 0.2) is 6.20 Å². The highest BCUT2D eigenvalue weighted by Gasteiger charge is 2.33. The molecule has 1 aromatic heterocycles. The molecule has 0 fully saturated rings. The molecule has 0 amide bonds. The first-order valence-corrected chi connectivity index (χ1v) is 3.98. The number of hydrogen-bond acceptors (Lipinski definition) is 3. The quantitative estimate of drug-likeness (QED) is 0.826. The van der Waals surface area contributed by atoms with Gasteiger partial charge in [-0.05, 0) is 0 Å². The van der Waals surface area contributed by atoms with Crippen LogP contribution in [0.2, 0.25) is 0 Å². The largest absolute Gasteiger partial charge is 0.574 e. The maximum absolute atomic E-state index is 12.9. The summed E-state index contributed by atoms with van der Waals surface area (Å²) < 4.78 is 64.3. The van der Waals surface area contributed by atoms with Gasteiger partial charge in [0.25, 0.3) is 0 Å². The Morgan fingerprint density at radius 1 is 1.31 bits per heavy atom. The van der Waals surface area contributed by atoms with Gasteiger partial charge >= 0.3 is 6.36 Å². The van der Waals surface area contributed by atoms with Gasteiger partial charge in [0.1, 0.15) is 12.5 Å². The summed E-state index contributed by atoms with van der Waals surface area (Å²) in [6, 6.07) is 0. The Morgan fingerprint density at radius 3 is 2.38 bits per heavy atom. The van der Waals surface area contributed by atoms with Crippen LogP contribution in [0.25, 0.3) is 0 Å². The van der Waals surface area contributed by atoms with Crippen molar-refractivity contribution in [2.75, 3.05) is 0 Å². The highest BCUT2D eigenvalue weighted by atomic mass is 19.4. The van der Waals surface area contributed by atoms with Gasteiger partial charge in [-0.3, -0.25) is 0 Å². The van der Waals surface area contributed by atoms with E-state index in [4.69, 9.17) is 5.11 Å². The molecule has 1 heterocycles. The zero-order chi connectivity index (χ0) is 12.3. The second-order valence-corrected chi connectivity index (χ2v) is 2.71. The van der Waals surface area contributed by atoms with Crippen LogP contribution >= 0.6 is 0 Å². The SMILES string of the molecule is OCc1c(F)cnc(OC(F)(F)F)c1CF. The van der Waals surface area contributed by atoms with Crippen molar-refractivity contribution in [1.29, 1.82) is 0 Å². The Bertz CT molecular complexity index is 379. The van der Waals surface area contributed by atoms with Crippen LogP contribution in [0.4, 0.5) is 22.0 Å². The molecular formula is C8H6F5NO2. The number of alkyl halides is 4. The van der Waals surface area contributed by atoms with Gasteiger partial charge in [0.15, 0.2) is 0 Å². The normalized spacial score (nSPS) is 11.6. The standard InChI is InChI=1S/C8H6F5NO2/c9-1-4-5(3-15)6(10)2-14-7(4)16-8(11,12)13/h2,15H,1,3H2. The summed E-state index contributed by atoms with van der Waals surface area (Å²) in [5.74, 6) is -2.19. The molecule has 0 spiro atoms. The molecule has 8 heteroatoms. The van der Waals surface area contributed by atoms with Gasteiger partial charge in [-0.2, -0.15) is 0 Å². The molecule has 0 aromatic carbocycles. The van der Waals surface area contributed by atoms with Crippen LogP contribution in [0.5, 0.6) is 5.88 Å². The number of rotatable bonds is 3. The van der Waals surface area contributed by atoms with Gasteiger partial charge in [-0.15, -0.1) is 13.2 Å². The van der Waals surface area contributed by atoms with Crippen molar-refractivity contribution in [3.63, 3.8) is 0 Å². The molecule has 90 valence electrons. The molecule has 1 rings (SSSR count). The van der Waals surface area contributed by atoms with Gasteiger partial charge in [0, 0.05) is 5.56 Å². The molecule has 1 N–H and O–H groups in total. The van der Waals surface area contributed by atoms with E-state index in [9.17, 15) is 22.0 Å². The third kappa shape index (κ3) is 2.78. The van der Waals surface area contributed by atoms with E-state index in [0.717, 1.165) is 0 Å². The molecule has 0 radical (unpaired) electrons. The smallest absolute Gasteiger partial charge is 0.392 e. The third-order valence-corrected chi connectivity index (χ3v) is 1.71. The van der Waals surface area contributed by atoms with E-state index >= 15 is 0 Å². The molecular weight excluding hydrogens is 237 g/mol. The van der Waals surface area contributed by atoms with E-state index in [1.54, 1.807) is 0 Å². The van der Waals surface area contributed by atoms with Crippen molar-refractivity contribution in [1.82, 2.24) is 4.98 Å². The second-order valence-electron chi connectivity index (χ2n) is 2.71. The predicted octanol–water partition coefficient (Wildman–Crippen LogP) is 2.08. The molecule has 16 heavy (non-hydrogen) atoms. The Kier molecular flexibility index (Phi) is 3.63. The number of aromatic nitrogens is 1. The summed E-state index contributed by atoms with van der Waals surface area (Å²) in [5, 5.41) is 8.68. The van der Waals surface area contributed by atoms with Crippen molar-refractivity contribution < 1.29 is 31.8 Å². The summed E-state index contributed by atoms with van der Waals surface area (Å²) in [4.78, 5) is 2.97. The van der Waals surface area contributed by atoms with Gasteiger partial charge in [0.05, 0.1) is 18.4 Å². The Balaban J connectivity index is 3.19. The van der Waals surface area contributed by atoms with Crippen LogP contribution in [-0.2, 0) is 13.3 Å². The number of pyridine rings is 1. The number of aliphatic hydroxyl groups is 1. The first-order valence-electron chi connectivity index (χ1n) is 3.98. The molecule has 0 unspecified atom stereocenters. The second kappa shape index (κ2) is 4.60. The molecule has 3 nitrogen and oxygen atoms in total. The lowest BCUT2D eigenvalue weighted by Gasteiger charge is -2.13. The van der Waals surface area contributed by atoms with Crippen molar-refractivity contribution in [3.05, 3.63) is 23.1 Å².